The Morgan fingerprint density at radius 3 is 2.76 bits per heavy atom. The van der Waals surface area contributed by atoms with E-state index in [9.17, 15) is 9.32 Å². The molecule has 0 radical (unpaired) electrons. The maximum atomic E-state index is 10.9. The third-order valence-electron chi connectivity index (χ3n) is 2.54. The summed E-state index contributed by atoms with van der Waals surface area (Å²) in [5, 5.41) is 13.0. The Labute approximate surface area is 104 Å². The summed E-state index contributed by atoms with van der Waals surface area (Å²) in [6.07, 6.45) is 1.68. The lowest BCUT2D eigenvalue weighted by Crippen LogP contribution is -2.23. The fraction of sp³-hybridized carbons (Fsp3) is 0.500. The van der Waals surface area contributed by atoms with E-state index < -0.39 is 10.8 Å². The van der Waals surface area contributed by atoms with Crippen molar-refractivity contribution in [3.8, 4) is 11.5 Å². The van der Waals surface area contributed by atoms with Crippen LogP contribution in [-0.2, 0) is 10.8 Å². The zero-order valence-electron chi connectivity index (χ0n) is 10.4. The van der Waals surface area contributed by atoms with Gasteiger partial charge in [-0.05, 0) is 13.0 Å². The minimum atomic E-state index is -0.794. The van der Waals surface area contributed by atoms with Gasteiger partial charge in [-0.25, -0.2) is 0 Å². The van der Waals surface area contributed by atoms with Gasteiger partial charge in [0.15, 0.2) is 0 Å². The molecular weight excluding hydrogens is 238 g/mol. The minimum Gasteiger partial charge on any atom is -0.507 e. The molecule has 96 valence electrons. The molecule has 0 saturated heterocycles. The Morgan fingerprint density at radius 1 is 1.53 bits per heavy atom. The number of nitrogens with one attached hydrogen (secondary N) is 1. The molecule has 0 heterocycles. The molecule has 2 unspecified atom stereocenters. The first-order valence-electron chi connectivity index (χ1n) is 5.45. The van der Waals surface area contributed by atoms with Crippen molar-refractivity contribution < 1.29 is 14.1 Å². The van der Waals surface area contributed by atoms with Crippen LogP contribution in [0.2, 0.25) is 0 Å². The number of phenols is 1. The van der Waals surface area contributed by atoms with Crippen molar-refractivity contribution in [2.24, 2.45) is 0 Å². The van der Waals surface area contributed by atoms with Gasteiger partial charge in [0.2, 0.25) is 0 Å². The van der Waals surface area contributed by atoms with E-state index in [0.29, 0.717) is 18.0 Å². The molecule has 0 saturated carbocycles. The highest BCUT2D eigenvalue weighted by Crippen LogP contribution is 2.27. The summed E-state index contributed by atoms with van der Waals surface area (Å²) in [6, 6.07) is 5.25. The average molecular weight is 257 g/mol. The molecule has 0 aromatic heterocycles. The van der Waals surface area contributed by atoms with Gasteiger partial charge in [0, 0.05) is 47.0 Å². The van der Waals surface area contributed by atoms with Crippen molar-refractivity contribution in [2.45, 2.75) is 13.0 Å². The number of rotatable bonds is 6. The molecule has 5 heteroatoms. The standard InChI is InChI=1S/C12H19NO3S/c1-9(13-6-7-17(3)15)11-5-4-10(16-2)8-12(11)14/h4-5,8-9,13-14H,6-7H2,1-3H3. The second-order valence-corrected chi connectivity index (χ2v) is 5.43. The summed E-state index contributed by atoms with van der Waals surface area (Å²) in [6.45, 7) is 2.62. The van der Waals surface area contributed by atoms with Gasteiger partial charge in [0.25, 0.3) is 0 Å². The SMILES string of the molecule is COc1ccc(C(C)NCCS(C)=O)c(O)c1. The molecule has 0 aliphatic rings. The summed E-state index contributed by atoms with van der Waals surface area (Å²) in [7, 11) is 0.768. The lowest BCUT2D eigenvalue weighted by Gasteiger charge is -2.15. The van der Waals surface area contributed by atoms with Crippen LogP contribution in [0, 0.1) is 0 Å². The van der Waals surface area contributed by atoms with Crippen molar-refractivity contribution in [1.29, 1.82) is 0 Å². The van der Waals surface area contributed by atoms with E-state index in [1.807, 2.05) is 19.1 Å². The Bertz CT molecular complexity index is 395. The fourth-order valence-corrected chi connectivity index (χ4v) is 1.95. The lowest BCUT2D eigenvalue weighted by atomic mass is 10.1. The molecule has 0 bridgehead atoms. The van der Waals surface area contributed by atoms with Gasteiger partial charge in [-0.15, -0.1) is 0 Å². The highest BCUT2D eigenvalue weighted by Gasteiger charge is 2.10. The molecule has 4 nitrogen and oxygen atoms in total. The molecule has 1 aromatic carbocycles. The molecule has 0 fully saturated rings. The number of phenolic OH excluding ortho intramolecular Hbond substituents is 1. The predicted molar refractivity (Wildman–Crippen MR) is 70.0 cm³/mol. The molecule has 0 spiro atoms. The molecule has 2 N–H and O–H groups in total. The molecule has 17 heavy (non-hydrogen) atoms. The number of aromatic hydroxyl groups is 1. The zero-order valence-corrected chi connectivity index (χ0v) is 11.2. The van der Waals surface area contributed by atoms with Gasteiger partial charge in [-0.2, -0.15) is 0 Å². The number of methoxy groups -OCH3 is 1. The van der Waals surface area contributed by atoms with Crippen molar-refractivity contribution in [2.75, 3.05) is 25.7 Å². The summed E-state index contributed by atoms with van der Waals surface area (Å²) < 4.78 is 15.9. The van der Waals surface area contributed by atoms with E-state index in [4.69, 9.17) is 4.74 Å². The molecule has 1 aromatic rings. The molecule has 2 atom stereocenters. The molecule has 0 amide bonds. The van der Waals surface area contributed by atoms with E-state index in [1.165, 1.54) is 0 Å². The van der Waals surface area contributed by atoms with Crippen molar-refractivity contribution >= 4 is 10.8 Å². The Balaban J connectivity index is 2.62. The number of ether oxygens (including phenoxy) is 1. The van der Waals surface area contributed by atoms with Crippen molar-refractivity contribution in [1.82, 2.24) is 5.32 Å². The summed E-state index contributed by atoms with van der Waals surface area (Å²) in [5.41, 5.74) is 0.813. The normalized spacial score (nSPS) is 14.3. The first-order valence-corrected chi connectivity index (χ1v) is 7.17. The van der Waals surface area contributed by atoms with Crippen LogP contribution < -0.4 is 10.1 Å². The summed E-state index contributed by atoms with van der Waals surface area (Å²) in [4.78, 5) is 0. The van der Waals surface area contributed by atoms with E-state index in [-0.39, 0.29) is 11.8 Å². The Kier molecular flexibility index (Phi) is 5.44. The van der Waals surface area contributed by atoms with Gasteiger partial charge >= 0.3 is 0 Å². The summed E-state index contributed by atoms with van der Waals surface area (Å²) in [5.74, 6) is 1.46. The topological polar surface area (TPSA) is 58.6 Å². The minimum absolute atomic E-state index is 0.0180. The van der Waals surface area contributed by atoms with Crippen molar-refractivity contribution in [3.63, 3.8) is 0 Å². The van der Waals surface area contributed by atoms with E-state index in [0.717, 1.165) is 5.56 Å². The number of hydrogen-bond donors (Lipinski definition) is 2. The van der Waals surface area contributed by atoms with Gasteiger partial charge in [0.05, 0.1) is 7.11 Å². The number of benzene rings is 1. The first kappa shape index (κ1) is 14.0. The van der Waals surface area contributed by atoms with Crippen molar-refractivity contribution in [3.05, 3.63) is 23.8 Å². The van der Waals surface area contributed by atoms with E-state index in [1.54, 1.807) is 19.4 Å². The van der Waals surface area contributed by atoms with Gasteiger partial charge in [0.1, 0.15) is 11.5 Å². The Hall–Kier alpha value is -1.07. The van der Waals surface area contributed by atoms with Crippen LogP contribution in [0.4, 0.5) is 0 Å². The van der Waals surface area contributed by atoms with Gasteiger partial charge < -0.3 is 15.2 Å². The van der Waals surface area contributed by atoms with Gasteiger partial charge in [-0.1, -0.05) is 6.07 Å². The lowest BCUT2D eigenvalue weighted by molar-refractivity contribution is 0.404. The van der Waals surface area contributed by atoms with Crippen LogP contribution in [0.15, 0.2) is 18.2 Å². The zero-order chi connectivity index (χ0) is 12.8. The van der Waals surface area contributed by atoms with Gasteiger partial charge in [-0.3, -0.25) is 4.21 Å². The van der Waals surface area contributed by atoms with Crippen LogP contribution >= 0.6 is 0 Å². The molecular formula is C12H19NO3S. The predicted octanol–water partition coefficient (Wildman–Crippen LogP) is 1.43. The molecule has 0 aliphatic carbocycles. The molecule has 1 rings (SSSR count). The quantitative estimate of drug-likeness (QED) is 0.809. The fourth-order valence-electron chi connectivity index (χ4n) is 1.55. The van der Waals surface area contributed by atoms with Crippen LogP contribution in [0.3, 0.4) is 0 Å². The monoisotopic (exact) mass is 257 g/mol. The average Bonchev–Trinajstić information content (AvgIpc) is 2.28. The highest BCUT2D eigenvalue weighted by molar-refractivity contribution is 7.84. The van der Waals surface area contributed by atoms with E-state index in [2.05, 4.69) is 5.32 Å². The first-order chi connectivity index (χ1) is 8.04. The highest BCUT2D eigenvalue weighted by atomic mass is 32.2. The second kappa shape index (κ2) is 6.61. The largest absolute Gasteiger partial charge is 0.507 e. The second-order valence-electron chi connectivity index (χ2n) is 3.88. The maximum Gasteiger partial charge on any atom is 0.124 e. The number of hydrogen-bond acceptors (Lipinski definition) is 4. The third kappa shape index (κ3) is 4.36. The third-order valence-corrected chi connectivity index (χ3v) is 3.32. The maximum absolute atomic E-state index is 10.9. The van der Waals surface area contributed by atoms with Crippen LogP contribution in [0.25, 0.3) is 0 Å². The van der Waals surface area contributed by atoms with Crippen LogP contribution in [0.5, 0.6) is 11.5 Å². The molecule has 0 aliphatic heterocycles. The van der Waals surface area contributed by atoms with Crippen LogP contribution in [-0.4, -0.2) is 35.0 Å². The van der Waals surface area contributed by atoms with Crippen LogP contribution in [0.1, 0.15) is 18.5 Å². The smallest absolute Gasteiger partial charge is 0.124 e. The summed E-state index contributed by atoms with van der Waals surface area (Å²) >= 11 is 0. The Morgan fingerprint density at radius 2 is 2.24 bits per heavy atom. The van der Waals surface area contributed by atoms with E-state index >= 15 is 0 Å².